The summed E-state index contributed by atoms with van der Waals surface area (Å²) in [6, 6.07) is 3.78. The Bertz CT molecular complexity index is 435. The Morgan fingerprint density at radius 1 is 1.59 bits per heavy atom. The Morgan fingerprint density at radius 3 is 2.82 bits per heavy atom. The lowest BCUT2D eigenvalue weighted by Crippen LogP contribution is -2.06. The van der Waals surface area contributed by atoms with E-state index in [2.05, 4.69) is 0 Å². The van der Waals surface area contributed by atoms with E-state index in [1.54, 1.807) is 19.1 Å². The van der Waals surface area contributed by atoms with Crippen molar-refractivity contribution in [2.45, 2.75) is 6.92 Å². The molecular formula is C11H11NO5. The van der Waals surface area contributed by atoms with Crippen molar-refractivity contribution >= 4 is 11.7 Å². The molecule has 0 aliphatic carbocycles. The number of carbonyl (C=O) groups is 1. The molecule has 1 rings (SSSR count). The molecule has 0 spiro atoms. The lowest BCUT2D eigenvalue weighted by molar-refractivity contribution is -0.385. The summed E-state index contributed by atoms with van der Waals surface area (Å²) in [6.07, 6.45) is 3.33. The lowest BCUT2D eigenvalue weighted by Gasteiger charge is -2.07. The first-order chi connectivity index (χ1) is 8.07. The van der Waals surface area contributed by atoms with E-state index < -0.39 is 10.9 Å². The summed E-state index contributed by atoms with van der Waals surface area (Å²) < 4.78 is 5.12. The van der Waals surface area contributed by atoms with Gasteiger partial charge in [0.05, 0.1) is 4.92 Å². The Hall–Kier alpha value is -2.37. The van der Waals surface area contributed by atoms with Gasteiger partial charge >= 0.3 is 11.7 Å². The predicted molar refractivity (Wildman–Crippen MR) is 60.4 cm³/mol. The molecule has 0 radical (unpaired) electrons. The van der Waals surface area contributed by atoms with Gasteiger partial charge in [0.2, 0.25) is 5.75 Å². The van der Waals surface area contributed by atoms with Crippen LogP contribution < -0.4 is 4.74 Å². The second kappa shape index (κ2) is 5.64. The van der Waals surface area contributed by atoms with Crippen molar-refractivity contribution in [1.29, 1.82) is 0 Å². The van der Waals surface area contributed by atoms with Crippen LogP contribution in [0.1, 0.15) is 17.3 Å². The maximum atomic E-state index is 10.9. The van der Waals surface area contributed by atoms with Crippen molar-refractivity contribution in [3.8, 4) is 5.75 Å². The van der Waals surface area contributed by atoms with Crippen LogP contribution >= 0.6 is 0 Å². The number of aromatic carboxylic acids is 1. The summed E-state index contributed by atoms with van der Waals surface area (Å²) in [5, 5.41) is 19.7. The van der Waals surface area contributed by atoms with Gasteiger partial charge in [0.1, 0.15) is 12.2 Å². The summed E-state index contributed by atoms with van der Waals surface area (Å²) in [5.41, 5.74) is -0.571. The Balaban J connectivity index is 3.18. The average Bonchev–Trinajstić information content (AvgIpc) is 2.28. The van der Waals surface area contributed by atoms with Gasteiger partial charge < -0.3 is 9.84 Å². The van der Waals surface area contributed by atoms with Gasteiger partial charge in [-0.3, -0.25) is 10.1 Å². The smallest absolute Gasteiger partial charge is 0.339 e. The molecule has 1 aromatic carbocycles. The third kappa shape index (κ3) is 3.04. The first-order valence-corrected chi connectivity index (χ1v) is 4.82. The van der Waals surface area contributed by atoms with Gasteiger partial charge in [-0.2, -0.15) is 0 Å². The predicted octanol–water partition coefficient (Wildman–Crippen LogP) is 2.25. The zero-order chi connectivity index (χ0) is 12.8. The Labute approximate surface area is 97.3 Å². The second-order valence-electron chi connectivity index (χ2n) is 3.10. The van der Waals surface area contributed by atoms with Gasteiger partial charge in [0.15, 0.2) is 0 Å². The van der Waals surface area contributed by atoms with Crippen LogP contribution in [-0.4, -0.2) is 22.6 Å². The zero-order valence-corrected chi connectivity index (χ0v) is 9.12. The van der Waals surface area contributed by atoms with E-state index in [0.29, 0.717) is 0 Å². The maximum absolute atomic E-state index is 10.9. The number of nitro groups is 1. The van der Waals surface area contributed by atoms with E-state index in [0.717, 1.165) is 0 Å². The van der Waals surface area contributed by atoms with E-state index in [4.69, 9.17) is 9.84 Å². The molecule has 0 aliphatic rings. The molecule has 0 heterocycles. The van der Waals surface area contributed by atoms with Gasteiger partial charge in [0.25, 0.3) is 0 Å². The fourth-order valence-corrected chi connectivity index (χ4v) is 1.22. The number of nitro benzene ring substituents is 1. The number of hydrogen-bond acceptors (Lipinski definition) is 4. The molecule has 0 aliphatic heterocycles. The zero-order valence-electron chi connectivity index (χ0n) is 9.12. The quantitative estimate of drug-likeness (QED) is 0.482. The molecular weight excluding hydrogens is 226 g/mol. The molecule has 0 fully saturated rings. The van der Waals surface area contributed by atoms with Gasteiger partial charge in [0, 0.05) is 6.07 Å². The Morgan fingerprint density at radius 2 is 2.29 bits per heavy atom. The monoisotopic (exact) mass is 237 g/mol. The summed E-state index contributed by atoms with van der Waals surface area (Å²) >= 11 is 0. The van der Waals surface area contributed by atoms with Crippen LogP contribution in [0.25, 0.3) is 0 Å². The highest BCUT2D eigenvalue weighted by atomic mass is 16.6. The van der Waals surface area contributed by atoms with E-state index in [-0.39, 0.29) is 23.6 Å². The summed E-state index contributed by atoms with van der Waals surface area (Å²) in [7, 11) is 0. The molecule has 0 bridgehead atoms. The highest BCUT2D eigenvalue weighted by molar-refractivity contribution is 5.92. The van der Waals surface area contributed by atoms with Gasteiger partial charge in [-0.15, -0.1) is 0 Å². The largest absolute Gasteiger partial charge is 0.482 e. The summed E-state index contributed by atoms with van der Waals surface area (Å²) in [4.78, 5) is 21.0. The van der Waals surface area contributed by atoms with E-state index in [9.17, 15) is 14.9 Å². The third-order valence-corrected chi connectivity index (χ3v) is 1.98. The number of carboxylic acids is 1. The normalized spacial score (nSPS) is 10.4. The fourth-order valence-electron chi connectivity index (χ4n) is 1.22. The molecule has 90 valence electrons. The highest BCUT2D eigenvalue weighted by Gasteiger charge is 2.22. The van der Waals surface area contributed by atoms with Crippen LogP contribution in [0.15, 0.2) is 30.4 Å². The van der Waals surface area contributed by atoms with Crippen molar-refractivity contribution in [3.05, 3.63) is 46.0 Å². The number of benzene rings is 1. The van der Waals surface area contributed by atoms with E-state index in [1.807, 2.05) is 0 Å². The first-order valence-electron chi connectivity index (χ1n) is 4.82. The minimum absolute atomic E-state index is 0.0850. The van der Waals surface area contributed by atoms with Crippen LogP contribution in [-0.2, 0) is 0 Å². The molecule has 1 N–H and O–H groups in total. The van der Waals surface area contributed by atoms with Crippen LogP contribution in [0.2, 0.25) is 0 Å². The van der Waals surface area contributed by atoms with Gasteiger partial charge in [-0.05, 0) is 13.0 Å². The number of hydrogen-bond donors (Lipinski definition) is 1. The average molecular weight is 237 g/mol. The van der Waals surface area contributed by atoms with Crippen LogP contribution in [0.4, 0.5) is 5.69 Å². The van der Waals surface area contributed by atoms with Crippen LogP contribution in [0, 0.1) is 10.1 Å². The standard InChI is InChI=1S/C11H11NO5/c1-2-3-7-17-10-8(11(13)14)5-4-6-9(10)12(15)16/h2-6H,7H2,1H3,(H,13,14)/b3-2+. The lowest BCUT2D eigenvalue weighted by atomic mass is 10.2. The van der Waals surface area contributed by atoms with Crippen LogP contribution in [0.5, 0.6) is 5.75 Å². The topological polar surface area (TPSA) is 89.7 Å². The third-order valence-electron chi connectivity index (χ3n) is 1.98. The number of allylic oxidation sites excluding steroid dienone is 1. The second-order valence-corrected chi connectivity index (χ2v) is 3.10. The maximum Gasteiger partial charge on any atom is 0.339 e. The molecule has 6 heteroatoms. The molecule has 17 heavy (non-hydrogen) atoms. The number of carboxylic acid groups (broad SMARTS) is 1. The number of nitrogens with zero attached hydrogens (tertiary/aromatic N) is 1. The minimum atomic E-state index is -1.26. The van der Waals surface area contributed by atoms with Crippen molar-refractivity contribution in [1.82, 2.24) is 0 Å². The van der Waals surface area contributed by atoms with E-state index in [1.165, 1.54) is 18.2 Å². The first kappa shape index (κ1) is 12.7. The molecule has 0 saturated carbocycles. The Kier molecular flexibility index (Phi) is 4.21. The van der Waals surface area contributed by atoms with Gasteiger partial charge in [-0.25, -0.2) is 4.79 Å². The number of para-hydroxylation sites is 1. The molecule has 1 aromatic rings. The van der Waals surface area contributed by atoms with E-state index >= 15 is 0 Å². The SMILES string of the molecule is C/C=C/COc1c(C(=O)O)cccc1[N+](=O)[O-]. The minimum Gasteiger partial charge on any atom is -0.482 e. The highest BCUT2D eigenvalue weighted by Crippen LogP contribution is 2.30. The molecule has 0 saturated heterocycles. The van der Waals surface area contributed by atoms with Crippen molar-refractivity contribution in [2.24, 2.45) is 0 Å². The number of rotatable bonds is 5. The summed E-state index contributed by atoms with van der Waals surface area (Å²) in [6.45, 7) is 1.85. The fraction of sp³-hybridized carbons (Fsp3) is 0.182. The number of ether oxygens (including phenoxy) is 1. The van der Waals surface area contributed by atoms with Crippen molar-refractivity contribution in [3.63, 3.8) is 0 Å². The summed E-state index contributed by atoms with van der Waals surface area (Å²) in [5.74, 6) is -1.48. The van der Waals surface area contributed by atoms with Gasteiger partial charge in [-0.1, -0.05) is 18.2 Å². The van der Waals surface area contributed by atoms with Crippen molar-refractivity contribution in [2.75, 3.05) is 6.61 Å². The van der Waals surface area contributed by atoms with Crippen molar-refractivity contribution < 1.29 is 19.6 Å². The molecule has 0 aromatic heterocycles. The molecule has 0 amide bonds. The molecule has 0 unspecified atom stereocenters. The molecule has 0 atom stereocenters. The molecule has 6 nitrogen and oxygen atoms in total. The van der Waals surface area contributed by atoms with Crippen LogP contribution in [0.3, 0.4) is 0 Å².